The third-order valence-corrected chi connectivity index (χ3v) is 5.83. The van der Waals surface area contributed by atoms with Crippen LogP contribution < -0.4 is 4.72 Å². The van der Waals surface area contributed by atoms with Crippen molar-refractivity contribution in [1.82, 2.24) is 19.4 Å². The van der Waals surface area contributed by atoms with E-state index in [1.807, 2.05) is 24.3 Å². The molecule has 0 aliphatic carbocycles. The summed E-state index contributed by atoms with van der Waals surface area (Å²) < 4.78 is 34.6. The summed E-state index contributed by atoms with van der Waals surface area (Å²) in [4.78, 5) is 2.38. The molecule has 0 bridgehead atoms. The highest BCUT2D eigenvalue weighted by Crippen LogP contribution is 2.23. The first-order chi connectivity index (χ1) is 12.0. The zero-order valence-electron chi connectivity index (χ0n) is 13.9. The van der Waals surface area contributed by atoms with Gasteiger partial charge in [-0.05, 0) is 17.7 Å². The van der Waals surface area contributed by atoms with Crippen LogP contribution in [0.2, 0.25) is 5.02 Å². The number of nitrogens with zero attached hydrogens (tertiary/aromatic N) is 3. The predicted octanol–water partition coefficient (Wildman–Crippen LogP) is 1.43. The molecule has 0 radical (unpaired) electrons. The molecule has 3 rings (SSSR count). The first-order valence-corrected chi connectivity index (χ1v) is 9.87. The molecule has 0 amide bonds. The molecule has 1 unspecified atom stereocenters. The number of benzene rings is 1. The van der Waals surface area contributed by atoms with Crippen molar-refractivity contribution in [2.24, 2.45) is 7.05 Å². The minimum Gasteiger partial charge on any atom is -0.379 e. The quantitative estimate of drug-likeness (QED) is 0.815. The minimum atomic E-state index is -3.61. The lowest BCUT2D eigenvalue weighted by Crippen LogP contribution is -2.43. The number of ether oxygens (including phenoxy) is 1. The highest BCUT2D eigenvalue weighted by Gasteiger charge is 2.25. The Morgan fingerprint density at radius 3 is 2.56 bits per heavy atom. The Hall–Kier alpha value is -1.45. The van der Waals surface area contributed by atoms with Crippen LogP contribution in [0.4, 0.5) is 0 Å². The van der Waals surface area contributed by atoms with E-state index in [2.05, 4.69) is 14.7 Å². The first kappa shape index (κ1) is 18.3. The fourth-order valence-electron chi connectivity index (χ4n) is 2.84. The lowest BCUT2D eigenvalue weighted by atomic mass is 10.1. The zero-order valence-corrected chi connectivity index (χ0v) is 15.5. The molecular weight excluding hydrogens is 364 g/mol. The number of sulfonamides is 1. The van der Waals surface area contributed by atoms with Crippen molar-refractivity contribution in [3.8, 4) is 0 Å². The Morgan fingerprint density at radius 1 is 1.28 bits per heavy atom. The third-order valence-electron chi connectivity index (χ3n) is 4.20. The summed E-state index contributed by atoms with van der Waals surface area (Å²) >= 11 is 5.98. The molecule has 7 nitrogen and oxygen atoms in total. The van der Waals surface area contributed by atoms with Gasteiger partial charge < -0.3 is 4.74 Å². The number of morpholine rings is 1. The van der Waals surface area contributed by atoms with Crippen molar-refractivity contribution < 1.29 is 13.2 Å². The molecule has 2 heterocycles. The molecular formula is C16H21ClN4O3S. The molecule has 1 atom stereocenters. The number of hydrogen-bond acceptors (Lipinski definition) is 5. The van der Waals surface area contributed by atoms with Gasteiger partial charge in [-0.1, -0.05) is 23.7 Å². The first-order valence-electron chi connectivity index (χ1n) is 8.01. The highest BCUT2D eigenvalue weighted by molar-refractivity contribution is 7.89. The van der Waals surface area contributed by atoms with E-state index in [9.17, 15) is 8.42 Å². The van der Waals surface area contributed by atoms with Crippen LogP contribution in [0.5, 0.6) is 0 Å². The normalized spacial score (nSPS) is 17.5. The van der Waals surface area contributed by atoms with Crippen LogP contribution in [0, 0.1) is 0 Å². The standard InChI is InChI=1S/C16H21ClN4O3S/c1-20-12-15(10-18-20)25(22,23)19-11-16(21-6-8-24-9-7-21)13-2-4-14(17)5-3-13/h2-5,10,12,16,19H,6-9,11H2,1H3. The van der Waals surface area contributed by atoms with Crippen LogP contribution >= 0.6 is 11.6 Å². The van der Waals surface area contributed by atoms with E-state index in [0.717, 1.165) is 18.7 Å². The SMILES string of the molecule is Cn1cc(S(=O)(=O)NCC(c2ccc(Cl)cc2)N2CCOCC2)cn1. The molecule has 1 N–H and O–H groups in total. The van der Waals surface area contributed by atoms with Crippen LogP contribution in [0.3, 0.4) is 0 Å². The van der Waals surface area contributed by atoms with Gasteiger partial charge in [0.1, 0.15) is 4.90 Å². The molecule has 2 aromatic rings. The molecule has 1 aromatic carbocycles. The van der Waals surface area contributed by atoms with Gasteiger partial charge in [-0.3, -0.25) is 9.58 Å². The Morgan fingerprint density at radius 2 is 1.96 bits per heavy atom. The number of hydrogen-bond donors (Lipinski definition) is 1. The third kappa shape index (κ3) is 4.59. The van der Waals surface area contributed by atoms with Crippen molar-refractivity contribution in [2.45, 2.75) is 10.9 Å². The molecule has 1 saturated heterocycles. The summed E-state index contributed by atoms with van der Waals surface area (Å²) in [5.74, 6) is 0. The molecule has 1 aromatic heterocycles. The van der Waals surface area contributed by atoms with E-state index in [1.165, 1.54) is 17.1 Å². The summed E-state index contributed by atoms with van der Waals surface area (Å²) in [5, 5.41) is 4.58. The van der Waals surface area contributed by atoms with Gasteiger partial charge in [0.2, 0.25) is 10.0 Å². The van der Waals surface area contributed by atoms with Gasteiger partial charge in [0, 0.05) is 43.9 Å². The number of nitrogens with one attached hydrogen (secondary N) is 1. The van der Waals surface area contributed by atoms with Crippen LogP contribution in [0.1, 0.15) is 11.6 Å². The summed E-state index contributed by atoms with van der Waals surface area (Å²) in [7, 11) is -1.92. The topological polar surface area (TPSA) is 76.5 Å². The molecule has 9 heteroatoms. The molecule has 0 spiro atoms. The maximum absolute atomic E-state index is 12.5. The number of aromatic nitrogens is 2. The fraction of sp³-hybridized carbons (Fsp3) is 0.438. The summed E-state index contributed by atoms with van der Waals surface area (Å²) in [5.41, 5.74) is 1.01. The van der Waals surface area contributed by atoms with Gasteiger partial charge in [0.15, 0.2) is 0 Å². The average molecular weight is 385 g/mol. The van der Waals surface area contributed by atoms with Gasteiger partial charge in [-0.25, -0.2) is 13.1 Å². The van der Waals surface area contributed by atoms with Gasteiger partial charge in [0.05, 0.1) is 19.4 Å². The Labute approximate surface area is 152 Å². The predicted molar refractivity (Wildman–Crippen MR) is 95.0 cm³/mol. The van der Waals surface area contributed by atoms with E-state index < -0.39 is 10.0 Å². The maximum atomic E-state index is 12.5. The monoisotopic (exact) mass is 384 g/mol. The van der Waals surface area contributed by atoms with Gasteiger partial charge in [0.25, 0.3) is 0 Å². The number of aryl methyl sites for hydroxylation is 1. The largest absolute Gasteiger partial charge is 0.379 e. The Kier molecular flexibility index (Phi) is 5.75. The maximum Gasteiger partial charge on any atom is 0.243 e. The second-order valence-electron chi connectivity index (χ2n) is 5.92. The van der Waals surface area contributed by atoms with E-state index >= 15 is 0 Å². The van der Waals surface area contributed by atoms with Gasteiger partial charge in [-0.2, -0.15) is 5.10 Å². The van der Waals surface area contributed by atoms with Crippen molar-refractivity contribution in [3.63, 3.8) is 0 Å². The fourth-order valence-corrected chi connectivity index (χ4v) is 3.99. The van der Waals surface area contributed by atoms with Crippen molar-refractivity contribution in [3.05, 3.63) is 47.2 Å². The second-order valence-corrected chi connectivity index (χ2v) is 8.12. The van der Waals surface area contributed by atoms with Gasteiger partial charge in [-0.15, -0.1) is 0 Å². The second kappa shape index (κ2) is 7.84. The van der Waals surface area contributed by atoms with Crippen LogP contribution in [0.25, 0.3) is 0 Å². The number of halogens is 1. The highest BCUT2D eigenvalue weighted by atomic mass is 35.5. The van der Waals surface area contributed by atoms with Crippen molar-refractivity contribution in [2.75, 3.05) is 32.8 Å². The number of rotatable bonds is 6. The summed E-state index contributed by atoms with van der Waals surface area (Å²) in [6.45, 7) is 3.04. The molecule has 1 aliphatic heterocycles. The average Bonchev–Trinajstić information content (AvgIpc) is 3.05. The molecule has 1 fully saturated rings. The molecule has 1 aliphatic rings. The van der Waals surface area contributed by atoms with Crippen LogP contribution in [-0.4, -0.2) is 55.9 Å². The van der Waals surface area contributed by atoms with Crippen molar-refractivity contribution >= 4 is 21.6 Å². The van der Waals surface area contributed by atoms with Crippen LogP contribution in [0.15, 0.2) is 41.6 Å². The zero-order chi connectivity index (χ0) is 17.9. The molecule has 0 saturated carbocycles. The lowest BCUT2D eigenvalue weighted by molar-refractivity contribution is 0.0172. The Balaban J connectivity index is 1.78. The van der Waals surface area contributed by atoms with E-state index in [1.54, 1.807) is 7.05 Å². The minimum absolute atomic E-state index is 0.0902. The molecule has 136 valence electrons. The summed E-state index contributed by atoms with van der Waals surface area (Å²) in [6, 6.07) is 7.41. The van der Waals surface area contributed by atoms with Crippen molar-refractivity contribution in [1.29, 1.82) is 0 Å². The van der Waals surface area contributed by atoms with E-state index in [4.69, 9.17) is 16.3 Å². The van der Waals surface area contributed by atoms with E-state index in [-0.39, 0.29) is 17.5 Å². The lowest BCUT2D eigenvalue weighted by Gasteiger charge is -2.34. The Bertz CT molecular complexity index is 801. The molecule has 25 heavy (non-hydrogen) atoms. The van der Waals surface area contributed by atoms with Crippen LogP contribution in [-0.2, 0) is 21.8 Å². The van der Waals surface area contributed by atoms with E-state index in [0.29, 0.717) is 18.2 Å². The smallest absolute Gasteiger partial charge is 0.243 e. The van der Waals surface area contributed by atoms with Gasteiger partial charge >= 0.3 is 0 Å². The summed E-state index contributed by atoms with van der Waals surface area (Å²) in [6.07, 6.45) is 2.82.